The highest BCUT2D eigenvalue weighted by molar-refractivity contribution is 7.91. The van der Waals surface area contributed by atoms with Gasteiger partial charge in [-0.15, -0.1) is 0 Å². The number of halogens is 6. The van der Waals surface area contributed by atoms with E-state index in [1.165, 1.54) is 31.2 Å². The van der Waals surface area contributed by atoms with E-state index in [9.17, 15) is 48.0 Å². The lowest BCUT2D eigenvalue weighted by atomic mass is 9.88. The molecule has 2 heterocycles. The Kier molecular flexibility index (Phi) is 6.41. The molecule has 3 aromatic rings. The Bertz CT molecular complexity index is 1750. The summed E-state index contributed by atoms with van der Waals surface area (Å²) in [6, 6.07) is 5.79. The van der Waals surface area contributed by atoms with Crippen molar-refractivity contribution in [2.45, 2.75) is 49.2 Å². The zero-order chi connectivity index (χ0) is 29.4. The highest BCUT2D eigenvalue weighted by atomic mass is 32.2. The molecule has 1 saturated heterocycles. The molecule has 216 valence electrons. The zero-order valence-electron chi connectivity index (χ0n) is 20.3. The number of rotatable bonds is 4. The molecule has 0 radical (unpaired) electrons. The summed E-state index contributed by atoms with van der Waals surface area (Å²) in [5, 5.41) is 0. The average Bonchev–Trinajstić information content (AvgIpc) is 3.43. The minimum atomic E-state index is -5.89. The van der Waals surface area contributed by atoms with Crippen molar-refractivity contribution in [2.75, 3.05) is 6.54 Å². The lowest BCUT2D eigenvalue weighted by molar-refractivity contribution is -0.0500. The van der Waals surface area contributed by atoms with E-state index >= 15 is 0 Å². The van der Waals surface area contributed by atoms with E-state index in [1.807, 2.05) is 0 Å². The fourth-order valence-corrected chi connectivity index (χ4v) is 6.60. The van der Waals surface area contributed by atoms with Crippen molar-refractivity contribution in [3.8, 4) is 5.75 Å². The number of nitrogens with zero attached hydrogens (tertiary/aromatic N) is 3. The standard InChI is InChI=1S/C23H19F6N3O6S2/c1-12-7-14-9-19-15(16(14)10-20(12)38-40(36,37)23(27,28)29)3-2-6-31(19)21(33)13-4-5-18-17(8-13)30-11-32(18)39(34,35)22(24,25)26/h4-5,7-8,10-11,15,19H,2-3,6,9H2,1H3/t15-,19+/m0/s1. The number of aromatic nitrogens is 2. The number of likely N-dealkylation sites (tertiary alicyclic amines) is 1. The molecule has 1 fully saturated rings. The molecule has 0 saturated carbocycles. The third kappa shape index (κ3) is 4.48. The first-order valence-electron chi connectivity index (χ1n) is 11.7. The summed E-state index contributed by atoms with van der Waals surface area (Å²) in [5.41, 5.74) is -10.2. The summed E-state index contributed by atoms with van der Waals surface area (Å²) in [7, 11) is -11.6. The first-order chi connectivity index (χ1) is 18.4. The Labute approximate surface area is 223 Å². The molecule has 1 aliphatic carbocycles. The van der Waals surface area contributed by atoms with Gasteiger partial charge in [0.25, 0.3) is 5.91 Å². The minimum absolute atomic E-state index is 0.0118. The van der Waals surface area contributed by atoms with Crippen LogP contribution in [0.1, 0.15) is 45.8 Å². The average molecular weight is 612 g/mol. The van der Waals surface area contributed by atoms with Crippen LogP contribution in [0.5, 0.6) is 5.75 Å². The number of alkyl halides is 6. The van der Waals surface area contributed by atoms with Crippen molar-refractivity contribution in [3.05, 3.63) is 58.9 Å². The molecular weight excluding hydrogens is 592 g/mol. The maximum absolute atomic E-state index is 13.5. The smallest absolute Gasteiger partial charge is 0.376 e. The number of carbonyl (C=O) groups is 1. The number of piperidine rings is 1. The first kappa shape index (κ1) is 28.2. The molecule has 0 spiro atoms. The van der Waals surface area contributed by atoms with Crippen LogP contribution in [0, 0.1) is 6.92 Å². The molecule has 5 rings (SSSR count). The number of aryl methyl sites for hydroxylation is 1. The van der Waals surface area contributed by atoms with Crippen LogP contribution in [0.15, 0.2) is 36.7 Å². The van der Waals surface area contributed by atoms with Gasteiger partial charge in [-0.3, -0.25) is 4.79 Å². The predicted octanol–water partition coefficient (Wildman–Crippen LogP) is 4.22. The second-order valence-electron chi connectivity index (χ2n) is 9.51. The van der Waals surface area contributed by atoms with E-state index < -0.39 is 48.9 Å². The first-order valence-corrected chi connectivity index (χ1v) is 14.5. The number of benzene rings is 2. The summed E-state index contributed by atoms with van der Waals surface area (Å²) in [5.74, 6) is -1.29. The Hall–Kier alpha value is -3.34. The normalized spacial score (nSPS) is 19.9. The van der Waals surface area contributed by atoms with Gasteiger partial charge >= 0.3 is 31.2 Å². The summed E-state index contributed by atoms with van der Waals surface area (Å²) < 4.78 is 129. The highest BCUT2D eigenvalue weighted by Crippen LogP contribution is 2.45. The van der Waals surface area contributed by atoms with Crippen LogP contribution in [0.2, 0.25) is 0 Å². The molecule has 40 heavy (non-hydrogen) atoms. The topological polar surface area (TPSA) is 116 Å². The van der Waals surface area contributed by atoms with Crippen LogP contribution in [0.4, 0.5) is 26.3 Å². The summed E-state index contributed by atoms with van der Waals surface area (Å²) in [4.78, 5) is 18.8. The minimum Gasteiger partial charge on any atom is -0.376 e. The van der Waals surface area contributed by atoms with Crippen LogP contribution < -0.4 is 4.18 Å². The molecule has 1 aliphatic heterocycles. The third-order valence-corrected chi connectivity index (χ3v) is 9.46. The second kappa shape index (κ2) is 9.09. The van der Waals surface area contributed by atoms with Gasteiger partial charge in [-0.25, -0.2) is 8.96 Å². The SMILES string of the molecule is Cc1cc2c(cc1OS(=O)(=O)C(F)(F)F)[C@@H]1CCCN(C(=O)c3ccc4c(c3)ncn4S(=O)(=O)C(F)(F)F)[C@@H]1C2. The van der Waals surface area contributed by atoms with Crippen LogP contribution in [-0.4, -0.2) is 60.2 Å². The Morgan fingerprint density at radius 1 is 1.02 bits per heavy atom. The van der Waals surface area contributed by atoms with Crippen LogP contribution >= 0.6 is 0 Å². The summed E-state index contributed by atoms with van der Waals surface area (Å²) in [6.07, 6.45) is 1.92. The number of hydrogen-bond donors (Lipinski definition) is 0. The summed E-state index contributed by atoms with van der Waals surface area (Å²) >= 11 is 0. The molecule has 1 amide bonds. The number of carbonyl (C=O) groups excluding carboxylic acids is 1. The van der Waals surface area contributed by atoms with Gasteiger partial charge in [-0.1, -0.05) is 6.07 Å². The Morgan fingerprint density at radius 3 is 2.38 bits per heavy atom. The van der Waals surface area contributed by atoms with Gasteiger partial charge in [-0.2, -0.15) is 43.2 Å². The number of imidazole rings is 1. The van der Waals surface area contributed by atoms with Crippen molar-refractivity contribution >= 4 is 37.1 Å². The molecule has 9 nitrogen and oxygen atoms in total. The number of fused-ring (bicyclic) bond motifs is 4. The Morgan fingerprint density at radius 2 is 1.73 bits per heavy atom. The van der Waals surface area contributed by atoms with E-state index in [2.05, 4.69) is 9.17 Å². The van der Waals surface area contributed by atoms with E-state index in [1.54, 1.807) is 4.90 Å². The van der Waals surface area contributed by atoms with Crippen LogP contribution in [0.3, 0.4) is 0 Å². The predicted molar refractivity (Wildman–Crippen MR) is 127 cm³/mol. The molecule has 1 aromatic heterocycles. The summed E-state index contributed by atoms with van der Waals surface area (Å²) in [6.45, 7) is 1.72. The van der Waals surface area contributed by atoms with Gasteiger partial charge in [0.2, 0.25) is 0 Å². The number of hydrogen-bond acceptors (Lipinski definition) is 7. The van der Waals surface area contributed by atoms with Crippen LogP contribution in [0.25, 0.3) is 11.0 Å². The fourth-order valence-electron chi connectivity index (χ4n) is 5.28. The van der Waals surface area contributed by atoms with Crippen molar-refractivity contribution in [1.82, 2.24) is 13.9 Å². The third-order valence-electron chi connectivity index (χ3n) is 7.10. The van der Waals surface area contributed by atoms with Gasteiger partial charge in [0.05, 0.1) is 11.0 Å². The van der Waals surface area contributed by atoms with Crippen molar-refractivity contribution < 1.29 is 52.2 Å². The number of amides is 1. The molecule has 0 bridgehead atoms. The van der Waals surface area contributed by atoms with Gasteiger partial charge in [0.15, 0.2) is 0 Å². The van der Waals surface area contributed by atoms with Gasteiger partial charge in [-0.05, 0) is 67.1 Å². The van der Waals surface area contributed by atoms with Gasteiger partial charge in [0.1, 0.15) is 12.1 Å². The lowest BCUT2D eigenvalue weighted by Gasteiger charge is -2.38. The van der Waals surface area contributed by atoms with Crippen molar-refractivity contribution in [1.29, 1.82) is 0 Å². The van der Waals surface area contributed by atoms with Crippen molar-refractivity contribution in [2.24, 2.45) is 0 Å². The Balaban J connectivity index is 1.43. The van der Waals surface area contributed by atoms with Crippen molar-refractivity contribution in [3.63, 3.8) is 0 Å². The molecule has 0 unspecified atom stereocenters. The zero-order valence-corrected chi connectivity index (χ0v) is 22.0. The molecule has 2 atom stereocenters. The largest absolute Gasteiger partial charge is 0.534 e. The second-order valence-corrected chi connectivity index (χ2v) is 12.9. The quantitative estimate of drug-likeness (QED) is 0.247. The molecule has 17 heteroatoms. The highest BCUT2D eigenvalue weighted by Gasteiger charge is 2.50. The molecule has 0 N–H and O–H groups in total. The van der Waals surface area contributed by atoms with Gasteiger partial charge in [0, 0.05) is 24.1 Å². The molecule has 2 aromatic carbocycles. The van der Waals surface area contributed by atoms with Crippen LogP contribution in [-0.2, 0) is 26.6 Å². The lowest BCUT2D eigenvalue weighted by Crippen LogP contribution is -2.46. The van der Waals surface area contributed by atoms with E-state index in [0.717, 1.165) is 11.6 Å². The molecule has 2 aliphatic rings. The van der Waals surface area contributed by atoms with E-state index in [4.69, 9.17) is 0 Å². The monoisotopic (exact) mass is 611 g/mol. The van der Waals surface area contributed by atoms with Gasteiger partial charge < -0.3 is 9.08 Å². The fraction of sp³-hybridized carbons (Fsp3) is 0.391. The molecular formula is C23H19F6N3O6S2. The van der Waals surface area contributed by atoms with E-state index in [0.29, 0.717) is 37.7 Å². The maximum atomic E-state index is 13.5. The maximum Gasteiger partial charge on any atom is 0.534 e. The van der Waals surface area contributed by atoms with E-state index in [-0.39, 0.29) is 32.1 Å².